The van der Waals surface area contributed by atoms with Crippen molar-refractivity contribution in [1.29, 1.82) is 0 Å². The summed E-state index contributed by atoms with van der Waals surface area (Å²) in [4.78, 5) is 14.9. The Morgan fingerprint density at radius 1 is 1.52 bits per heavy atom. The minimum Gasteiger partial charge on any atom is -0.385 e. The highest BCUT2D eigenvalue weighted by atomic mass is 19.3. The van der Waals surface area contributed by atoms with Crippen molar-refractivity contribution < 1.29 is 22.7 Å². The van der Waals surface area contributed by atoms with E-state index in [0.717, 1.165) is 18.2 Å². The predicted octanol–water partition coefficient (Wildman–Crippen LogP) is 1.16. The second-order valence-electron chi connectivity index (χ2n) is 4.77. The molecule has 21 heavy (non-hydrogen) atoms. The molecule has 0 fully saturated rings. The van der Waals surface area contributed by atoms with E-state index < -0.39 is 42.0 Å². The molecule has 0 bridgehead atoms. The van der Waals surface area contributed by atoms with Crippen molar-refractivity contribution in [2.24, 2.45) is 16.5 Å². The van der Waals surface area contributed by atoms with Crippen LogP contribution >= 0.6 is 0 Å². The SMILES string of the molecule is CC1OCC(c2cc(C(N)=O)ccc2F)(C(F)F)N=C1N. The van der Waals surface area contributed by atoms with Crippen LogP contribution in [0.3, 0.4) is 0 Å². The molecule has 8 heteroatoms. The van der Waals surface area contributed by atoms with E-state index in [9.17, 15) is 18.0 Å². The van der Waals surface area contributed by atoms with Gasteiger partial charge in [-0.05, 0) is 25.1 Å². The average molecular weight is 301 g/mol. The van der Waals surface area contributed by atoms with Crippen molar-refractivity contribution >= 4 is 11.7 Å². The number of hydrogen-bond donors (Lipinski definition) is 2. The van der Waals surface area contributed by atoms with Gasteiger partial charge in [0.25, 0.3) is 6.43 Å². The molecule has 1 aromatic rings. The molecule has 0 saturated carbocycles. The Hall–Kier alpha value is -2.09. The Labute approximate surface area is 118 Å². The molecule has 4 N–H and O–H groups in total. The number of aliphatic imine (C=N–C) groups is 1. The lowest BCUT2D eigenvalue weighted by atomic mass is 9.88. The molecule has 1 amide bonds. The molecule has 2 unspecified atom stereocenters. The number of primary amides is 1. The van der Waals surface area contributed by atoms with Gasteiger partial charge in [0.15, 0.2) is 5.54 Å². The number of amides is 1. The van der Waals surface area contributed by atoms with Crippen molar-refractivity contribution in [2.75, 3.05) is 6.61 Å². The standard InChI is InChI=1S/C13H14F3N3O2/c1-6-10(17)19-13(5-21-6,12(15)16)8-4-7(11(18)20)2-3-9(8)14/h2-4,6,12H,5H2,1H3,(H2,17,19)(H2,18,20). The van der Waals surface area contributed by atoms with Gasteiger partial charge in [0.1, 0.15) is 17.8 Å². The second kappa shape index (κ2) is 5.36. The molecular weight excluding hydrogens is 287 g/mol. The van der Waals surface area contributed by atoms with Crippen LogP contribution in [0.4, 0.5) is 13.2 Å². The summed E-state index contributed by atoms with van der Waals surface area (Å²) >= 11 is 0. The van der Waals surface area contributed by atoms with E-state index in [4.69, 9.17) is 16.2 Å². The Morgan fingerprint density at radius 3 is 2.71 bits per heavy atom. The highest BCUT2D eigenvalue weighted by Gasteiger charge is 2.47. The molecule has 0 aromatic heterocycles. The molecule has 0 saturated heterocycles. The van der Waals surface area contributed by atoms with Crippen LogP contribution < -0.4 is 11.5 Å². The fourth-order valence-electron chi connectivity index (χ4n) is 2.07. The van der Waals surface area contributed by atoms with Crippen molar-refractivity contribution in [1.82, 2.24) is 0 Å². The fraction of sp³-hybridized carbons (Fsp3) is 0.385. The zero-order chi connectivity index (χ0) is 15.8. The Morgan fingerprint density at radius 2 is 2.19 bits per heavy atom. The van der Waals surface area contributed by atoms with Crippen molar-refractivity contribution in [3.63, 3.8) is 0 Å². The van der Waals surface area contributed by atoms with Crippen LogP contribution in [0, 0.1) is 5.82 Å². The van der Waals surface area contributed by atoms with Crippen LogP contribution in [-0.2, 0) is 10.3 Å². The van der Waals surface area contributed by atoms with Crippen LogP contribution in [0.25, 0.3) is 0 Å². The molecule has 114 valence electrons. The molecule has 1 heterocycles. The predicted molar refractivity (Wildman–Crippen MR) is 69.6 cm³/mol. The summed E-state index contributed by atoms with van der Waals surface area (Å²) in [6.07, 6.45) is -3.71. The lowest BCUT2D eigenvalue weighted by Gasteiger charge is -2.35. The first-order valence-corrected chi connectivity index (χ1v) is 6.12. The van der Waals surface area contributed by atoms with Crippen LogP contribution in [0.1, 0.15) is 22.8 Å². The van der Waals surface area contributed by atoms with Gasteiger partial charge in [-0.15, -0.1) is 0 Å². The van der Waals surface area contributed by atoms with Gasteiger partial charge < -0.3 is 16.2 Å². The number of ether oxygens (including phenoxy) is 1. The molecule has 0 aliphatic carbocycles. The van der Waals surface area contributed by atoms with E-state index in [0.29, 0.717) is 0 Å². The number of carbonyl (C=O) groups excluding carboxylic acids is 1. The summed E-state index contributed by atoms with van der Waals surface area (Å²) in [5.41, 5.74) is 7.79. The number of rotatable bonds is 3. The van der Waals surface area contributed by atoms with E-state index in [-0.39, 0.29) is 11.4 Å². The molecule has 0 spiro atoms. The third-order valence-electron chi connectivity index (χ3n) is 3.38. The lowest BCUT2D eigenvalue weighted by Crippen LogP contribution is -2.48. The van der Waals surface area contributed by atoms with Crippen LogP contribution in [0.15, 0.2) is 23.2 Å². The van der Waals surface area contributed by atoms with Crippen molar-refractivity contribution in [3.05, 3.63) is 35.1 Å². The number of nitrogens with zero attached hydrogens (tertiary/aromatic N) is 1. The average Bonchev–Trinajstić information content (AvgIpc) is 2.42. The van der Waals surface area contributed by atoms with E-state index in [1.807, 2.05) is 0 Å². The van der Waals surface area contributed by atoms with E-state index in [1.165, 1.54) is 0 Å². The summed E-state index contributed by atoms with van der Waals surface area (Å²) in [5, 5.41) is 0. The topological polar surface area (TPSA) is 90.7 Å². The lowest BCUT2D eigenvalue weighted by molar-refractivity contribution is -0.0340. The van der Waals surface area contributed by atoms with Gasteiger partial charge in [-0.3, -0.25) is 9.79 Å². The molecule has 1 aliphatic rings. The molecular formula is C13H14F3N3O2. The van der Waals surface area contributed by atoms with E-state index in [2.05, 4.69) is 4.99 Å². The molecule has 1 aliphatic heterocycles. The molecule has 1 aromatic carbocycles. The van der Waals surface area contributed by atoms with Gasteiger partial charge in [-0.2, -0.15) is 0 Å². The smallest absolute Gasteiger partial charge is 0.269 e. The highest BCUT2D eigenvalue weighted by molar-refractivity contribution is 5.93. The number of benzene rings is 1. The summed E-state index contributed by atoms with van der Waals surface area (Å²) in [6.45, 7) is 0.996. The molecule has 0 radical (unpaired) electrons. The summed E-state index contributed by atoms with van der Waals surface area (Å²) in [6, 6.07) is 2.96. The maximum Gasteiger partial charge on any atom is 0.269 e. The monoisotopic (exact) mass is 301 g/mol. The highest BCUT2D eigenvalue weighted by Crippen LogP contribution is 2.38. The van der Waals surface area contributed by atoms with Gasteiger partial charge >= 0.3 is 0 Å². The minimum atomic E-state index is -3.07. The van der Waals surface area contributed by atoms with Crippen LogP contribution in [-0.4, -0.2) is 30.9 Å². The number of alkyl halides is 2. The van der Waals surface area contributed by atoms with Gasteiger partial charge in [0.2, 0.25) is 5.91 Å². The van der Waals surface area contributed by atoms with E-state index in [1.54, 1.807) is 6.92 Å². The Kier molecular flexibility index (Phi) is 3.91. The first-order valence-electron chi connectivity index (χ1n) is 6.12. The summed E-state index contributed by atoms with van der Waals surface area (Å²) < 4.78 is 46.3. The Bertz CT molecular complexity index is 606. The van der Waals surface area contributed by atoms with Gasteiger partial charge in [0.05, 0.1) is 6.61 Å². The molecule has 2 rings (SSSR count). The number of halogens is 3. The van der Waals surface area contributed by atoms with Gasteiger partial charge in [-0.25, -0.2) is 13.2 Å². The third kappa shape index (κ3) is 2.58. The van der Waals surface area contributed by atoms with Crippen LogP contribution in [0.2, 0.25) is 0 Å². The van der Waals surface area contributed by atoms with Gasteiger partial charge in [0, 0.05) is 11.1 Å². The summed E-state index contributed by atoms with van der Waals surface area (Å²) in [5.74, 6) is -1.96. The fourth-order valence-corrected chi connectivity index (χ4v) is 2.07. The number of carbonyl (C=O) groups is 1. The first kappa shape index (κ1) is 15.3. The number of nitrogens with two attached hydrogens (primary N) is 2. The summed E-state index contributed by atoms with van der Waals surface area (Å²) in [7, 11) is 0. The Balaban J connectivity index is 2.64. The quantitative estimate of drug-likeness (QED) is 0.877. The van der Waals surface area contributed by atoms with Crippen LogP contribution in [0.5, 0.6) is 0 Å². The first-order chi connectivity index (χ1) is 9.78. The maximum absolute atomic E-state index is 14.0. The van der Waals surface area contributed by atoms with Crippen molar-refractivity contribution in [2.45, 2.75) is 25.0 Å². The number of hydrogen-bond acceptors (Lipinski definition) is 4. The minimum absolute atomic E-state index is 0.0983. The molecule has 2 atom stereocenters. The van der Waals surface area contributed by atoms with Crippen molar-refractivity contribution in [3.8, 4) is 0 Å². The zero-order valence-corrected chi connectivity index (χ0v) is 11.1. The second-order valence-corrected chi connectivity index (χ2v) is 4.77. The third-order valence-corrected chi connectivity index (χ3v) is 3.38. The van der Waals surface area contributed by atoms with E-state index >= 15 is 0 Å². The normalized spacial score (nSPS) is 25.8. The molecule has 5 nitrogen and oxygen atoms in total. The number of amidine groups is 1. The maximum atomic E-state index is 14.0. The largest absolute Gasteiger partial charge is 0.385 e. The zero-order valence-electron chi connectivity index (χ0n) is 11.1. The van der Waals surface area contributed by atoms with Gasteiger partial charge in [-0.1, -0.05) is 0 Å².